The first-order chi connectivity index (χ1) is 12.5. The molecule has 1 N–H and O–H groups in total. The molecule has 0 radical (unpaired) electrons. The third kappa shape index (κ3) is 2.83. The second kappa shape index (κ2) is 6.48. The Morgan fingerprint density at radius 3 is 2.77 bits per heavy atom. The lowest BCUT2D eigenvalue weighted by Gasteiger charge is -2.37. The van der Waals surface area contributed by atoms with Crippen molar-refractivity contribution in [3.63, 3.8) is 0 Å². The van der Waals surface area contributed by atoms with Crippen molar-refractivity contribution in [1.82, 2.24) is 0 Å². The van der Waals surface area contributed by atoms with Crippen molar-refractivity contribution < 1.29 is 9.66 Å². The fourth-order valence-corrected chi connectivity index (χ4v) is 4.14. The van der Waals surface area contributed by atoms with Crippen LogP contribution in [0.5, 0.6) is 5.75 Å². The summed E-state index contributed by atoms with van der Waals surface area (Å²) in [6.45, 7) is 4.03. The second-order valence-corrected chi connectivity index (χ2v) is 7.21. The lowest BCUT2D eigenvalue weighted by atomic mass is 9.76. The highest BCUT2D eigenvalue weighted by molar-refractivity contribution is 5.63. The molecule has 0 amide bonds. The Morgan fingerprint density at radius 2 is 2.00 bits per heavy atom. The lowest BCUT2D eigenvalue weighted by molar-refractivity contribution is -0.385. The van der Waals surface area contributed by atoms with Crippen molar-refractivity contribution in [2.75, 3.05) is 5.32 Å². The molecular weight excluding hydrogens is 328 g/mol. The highest BCUT2D eigenvalue weighted by atomic mass is 16.6. The third-order valence-corrected chi connectivity index (χ3v) is 5.17. The van der Waals surface area contributed by atoms with Gasteiger partial charge in [0.05, 0.1) is 22.6 Å². The van der Waals surface area contributed by atoms with Crippen LogP contribution in [0, 0.1) is 16.0 Å². The number of anilines is 1. The highest BCUT2D eigenvalue weighted by Gasteiger charge is 2.40. The van der Waals surface area contributed by atoms with Gasteiger partial charge in [0.2, 0.25) is 0 Å². The van der Waals surface area contributed by atoms with Gasteiger partial charge in [-0.25, -0.2) is 0 Å². The molecule has 3 unspecified atom stereocenters. The molecule has 2 aromatic rings. The van der Waals surface area contributed by atoms with E-state index in [9.17, 15) is 10.1 Å². The minimum atomic E-state index is -0.288. The molecule has 1 aliphatic heterocycles. The highest BCUT2D eigenvalue weighted by Crippen LogP contribution is 2.51. The fourth-order valence-electron chi connectivity index (χ4n) is 4.14. The molecular formula is C21H22N2O3. The predicted molar refractivity (Wildman–Crippen MR) is 102 cm³/mol. The monoisotopic (exact) mass is 350 g/mol. The van der Waals surface area contributed by atoms with Gasteiger partial charge in [0, 0.05) is 17.7 Å². The zero-order valence-corrected chi connectivity index (χ0v) is 14.9. The van der Waals surface area contributed by atoms with Gasteiger partial charge in [0.15, 0.2) is 0 Å². The van der Waals surface area contributed by atoms with Crippen LogP contribution in [0.2, 0.25) is 0 Å². The fraction of sp³-hybridized carbons (Fsp3) is 0.333. The van der Waals surface area contributed by atoms with Crippen LogP contribution in [0.15, 0.2) is 54.6 Å². The van der Waals surface area contributed by atoms with Crippen molar-refractivity contribution in [3.05, 3.63) is 75.9 Å². The number of ether oxygens (including phenoxy) is 1. The smallest absolute Gasteiger partial charge is 0.274 e. The number of benzene rings is 2. The Bertz CT molecular complexity index is 875. The number of nitro groups is 1. The summed E-state index contributed by atoms with van der Waals surface area (Å²) in [6.07, 6.45) is 5.44. The number of hydrogen-bond donors (Lipinski definition) is 1. The maximum absolute atomic E-state index is 11.5. The number of allylic oxidation sites excluding steroid dienone is 2. The van der Waals surface area contributed by atoms with Crippen molar-refractivity contribution in [2.24, 2.45) is 5.92 Å². The normalized spacial score (nSPS) is 23.3. The van der Waals surface area contributed by atoms with Crippen LogP contribution in [0.4, 0.5) is 11.4 Å². The average Bonchev–Trinajstić information content (AvgIpc) is 3.10. The summed E-state index contributed by atoms with van der Waals surface area (Å²) in [5, 5.41) is 15.1. The molecule has 134 valence electrons. The van der Waals surface area contributed by atoms with Crippen LogP contribution < -0.4 is 10.1 Å². The summed E-state index contributed by atoms with van der Waals surface area (Å²) in [4.78, 5) is 11.2. The summed E-state index contributed by atoms with van der Waals surface area (Å²) in [5.74, 6) is 1.37. The van der Waals surface area contributed by atoms with Crippen molar-refractivity contribution in [2.45, 2.75) is 38.3 Å². The van der Waals surface area contributed by atoms with E-state index in [4.69, 9.17) is 4.74 Å². The van der Waals surface area contributed by atoms with Gasteiger partial charge in [-0.05, 0) is 49.9 Å². The topological polar surface area (TPSA) is 64.4 Å². The van der Waals surface area contributed by atoms with Crippen molar-refractivity contribution in [3.8, 4) is 5.75 Å². The first kappa shape index (κ1) is 16.6. The van der Waals surface area contributed by atoms with Crippen LogP contribution >= 0.6 is 0 Å². The van der Waals surface area contributed by atoms with Crippen LogP contribution in [0.25, 0.3) is 0 Å². The van der Waals surface area contributed by atoms with Gasteiger partial charge in [-0.3, -0.25) is 10.1 Å². The van der Waals surface area contributed by atoms with E-state index in [1.807, 2.05) is 38.1 Å². The zero-order chi connectivity index (χ0) is 18.3. The molecule has 5 nitrogen and oxygen atoms in total. The third-order valence-electron chi connectivity index (χ3n) is 5.17. The number of fused-ring (bicyclic) bond motifs is 3. The van der Waals surface area contributed by atoms with E-state index in [1.165, 1.54) is 5.56 Å². The first-order valence-electron chi connectivity index (χ1n) is 9.01. The molecule has 26 heavy (non-hydrogen) atoms. The molecule has 1 aliphatic carbocycles. The minimum Gasteiger partial charge on any atom is -0.491 e. The Morgan fingerprint density at radius 1 is 1.19 bits per heavy atom. The maximum Gasteiger partial charge on any atom is 0.274 e. The van der Waals surface area contributed by atoms with Crippen molar-refractivity contribution in [1.29, 1.82) is 0 Å². The molecule has 4 rings (SSSR count). The van der Waals surface area contributed by atoms with Gasteiger partial charge >= 0.3 is 0 Å². The standard InChI is InChI=1S/C21H22N2O3/c1-13(2)26-14-10-11-19-18(12-14)15-7-5-8-16(15)21(22-19)17-6-3-4-9-20(17)23(24)25/h3-7,9-13,15-16,21-22H,8H2,1-2H3. The molecule has 3 atom stereocenters. The second-order valence-electron chi connectivity index (χ2n) is 7.21. The number of nitro benzene ring substituents is 1. The van der Waals surface area contributed by atoms with Gasteiger partial charge in [-0.1, -0.05) is 30.4 Å². The van der Waals surface area contributed by atoms with Crippen LogP contribution in [-0.4, -0.2) is 11.0 Å². The summed E-state index contributed by atoms with van der Waals surface area (Å²) in [6, 6.07) is 13.1. The van der Waals surface area contributed by atoms with E-state index in [2.05, 4.69) is 23.5 Å². The number of nitrogens with zero attached hydrogens (tertiary/aromatic N) is 1. The summed E-state index contributed by atoms with van der Waals surface area (Å²) < 4.78 is 5.85. The van der Waals surface area contributed by atoms with Crippen LogP contribution in [0.1, 0.15) is 43.4 Å². The Labute approximate surface area is 152 Å². The predicted octanol–water partition coefficient (Wildman–Crippen LogP) is 5.21. The van der Waals surface area contributed by atoms with Gasteiger partial charge in [0.25, 0.3) is 5.69 Å². The largest absolute Gasteiger partial charge is 0.491 e. The number of hydrogen-bond acceptors (Lipinski definition) is 4. The number of nitrogens with one attached hydrogen (secondary N) is 1. The van der Waals surface area contributed by atoms with E-state index in [0.29, 0.717) is 0 Å². The van der Waals surface area contributed by atoms with Crippen molar-refractivity contribution >= 4 is 11.4 Å². The number of para-hydroxylation sites is 1. The first-order valence-corrected chi connectivity index (χ1v) is 9.01. The molecule has 0 spiro atoms. The average molecular weight is 350 g/mol. The van der Waals surface area contributed by atoms with E-state index in [0.717, 1.165) is 23.4 Å². The maximum atomic E-state index is 11.5. The Kier molecular flexibility index (Phi) is 4.15. The van der Waals surface area contributed by atoms with E-state index in [1.54, 1.807) is 12.1 Å². The zero-order valence-electron chi connectivity index (χ0n) is 14.9. The van der Waals surface area contributed by atoms with E-state index < -0.39 is 0 Å². The van der Waals surface area contributed by atoms with Crippen LogP contribution in [-0.2, 0) is 0 Å². The molecule has 0 fully saturated rings. The molecule has 0 saturated heterocycles. The minimum absolute atomic E-state index is 0.0824. The molecule has 2 aromatic carbocycles. The molecule has 1 heterocycles. The summed E-state index contributed by atoms with van der Waals surface area (Å²) >= 11 is 0. The molecule has 0 saturated carbocycles. The Hall–Kier alpha value is -2.82. The molecule has 5 heteroatoms. The summed E-state index contributed by atoms with van der Waals surface area (Å²) in [5.41, 5.74) is 3.16. The van der Waals surface area contributed by atoms with Gasteiger partial charge in [-0.2, -0.15) is 0 Å². The molecule has 0 aromatic heterocycles. The van der Waals surface area contributed by atoms with E-state index in [-0.39, 0.29) is 34.6 Å². The molecule has 0 bridgehead atoms. The van der Waals surface area contributed by atoms with Gasteiger partial charge < -0.3 is 10.1 Å². The SMILES string of the molecule is CC(C)Oc1ccc2c(c1)C1C=CCC1C(c1ccccc1[N+](=O)[O-])N2. The van der Waals surface area contributed by atoms with Gasteiger partial charge in [0.1, 0.15) is 5.75 Å². The van der Waals surface area contributed by atoms with E-state index >= 15 is 0 Å². The van der Waals surface area contributed by atoms with Gasteiger partial charge in [-0.15, -0.1) is 0 Å². The number of rotatable bonds is 4. The lowest BCUT2D eigenvalue weighted by Crippen LogP contribution is -2.29. The quantitative estimate of drug-likeness (QED) is 0.467. The summed E-state index contributed by atoms with van der Waals surface area (Å²) in [7, 11) is 0. The van der Waals surface area contributed by atoms with Crippen LogP contribution in [0.3, 0.4) is 0 Å². The molecule has 2 aliphatic rings. The Balaban J connectivity index is 1.75.